The zero-order valence-corrected chi connectivity index (χ0v) is 12.1. The maximum absolute atomic E-state index is 11.5. The highest BCUT2D eigenvalue weighted by molar-refractivity contribution is 5.73. The van der Waals surface area contributed by atoms with E-state index in [1.165, 1.54) is 0 Å². The molecular formula is C15H22N4O. The van der Waals surface area contributed by atoms with E-state index in [1.807, 2.05) is 30.6 Å². The van der Waals surface area contributed by atoms with Crippen LogP contribution in [-0.4, -0.2) is 28.5 Å². The Balaban J connectivity index is 1.72. The Labute approximate surface area is 119 Å². The van der Waals surface area contributed by atoms with Gasteiger partial charge in [-0.2, -0.15) is 0 Å². The van der Waals surface area contributed by atoms with Crippen LogP contribution >= 0.6 is 0 Å². The molecule has 0 spiro atoms. The molecule has 0 aliphatic rings. The van der Waals surface area contributed by atoms with Crippen molar-refractivity contribution in [3.63, 3.8) is 0 Å². The van der Waals surface area contributed by atoms with Gasteiger partial charge in [-0.1, -0.05) is 19.9 Å². The molecule has 2 N–H and O–H groups in total. The number of imidazole rings is 1. The van der Waals surface area contributed by atoms with Crippen molar-refractivity contribution in [2.75, 3.05) is 13.1 Å². The number of nitrogens with one attached hydrogen (secondary N) is 2. The molecule has 0 aromatic carbocycles. The molecule has 2 heterocycles. The van der Waals surface area contributed by atoms with Crippen LogP contribution in [0.4, 0.5) is 4.79 Å². The molecule has 20 heavy (non-hydrogen) atoms. The van der Waals surface area contributed by atoms with Gasteiger partial charge in [-0.05, 0) is 24.5 Å². The zero-order chi connectivity index (χ0) is 14.4. The monoisotopic (exact) mass is 274 g/mol. The summed E-state index contributed by atoms with van der Waals surface area (Å²) in [6, 6.07) is 5.94. The Bertz CT molecular complexity index is 562. The van der Waals surface area contributed by atoms with Crippen LogP contribution in [0, 0.1) is 5.92 Å². The van der Waals surface area contributed by atoms with E-state index in [1.54, 1.807) is 0 Å². The Hall–Kier alpha value is -2.04. The number of carbonyl (C=O) groups is 1. The summed E-state index contributed by atoms with van der Waals surface area (Å²) in [7, 11) is 0. The van der Waals surface area contributed by atoms with Gasteiger partial charge in [0.2, 0.25) is 0 Å². The third kappa shape index (κ3) is 3.98. The van der Waals surface area contributed by atoms with Crippen molar-refractivity contribution >= 4 is 11.5 Å². The number of amides is 2. The molecule has 2 aromatic heterocycles. The minimum atomic E-state index is -0.0910. The van der Waals surface area contributed by atoms with E-state index in [2.05, 4.69) is 33.9 Å². The van der Waals surface area contributed by atoms with Crippen LogP contribution in [0.25, 0.3) is 5.52 Å². The molecule has 0 saturated carbocycles. The number of aryl methyl sites for hydroxylation is 1. The minimum absolute atomic E-state index is 0.0910. The minimum Gasteiger partial charge on any atom is -0.338 e. The van der Waals surface area contributed by atoms with Gasteiger partial charge in [-0.3, -0.25) is 0 Å². The smallest absolute Gasteiger partial charge is 0.314 e. The molecule has 0 fully saturated rings. The Kier molecular flexibility index (Phi) is 4.98. The topological polar surface area (TPSA) is 58.4 Å². The first-order chi connectivity index (χ1) is 9.66. The van der Waals surface area contributed by atoms with Crippen molar-refractivity contribution in [3.8, 4) is 0 Å². The number of fused-ring (bicyclic) bond motifs is 1. The van der Waals surface area contributed by atoms with Gasteiger partial charge in [0.05, 0.1) is 11.7 Å². The molecule has 2 rings (SSSR count). The van der Waals surface area contributed by atoms with Crippen molar-refractivity contribution in [2.45, 2.75) is 26.7 Å². The number of hydrogen-bond acceptors (Lipinski definition) is 2. The highest BCUT2D eigenvalue weighted by Crippen LogP contribution is 2.07. The molecule has 108 valence electrons. The van der Waals surface area contributed by atoms with E-state index in [9.17, 15) is 4.79 Å². The van der Waals surface area contributed by atoms with Gasteiger partial charge < -0.3 is 15.0 Å². The zero-order valence-electron chi connectivity index (χ0n) is 12.1. The van der Waals surface area contributed by atoms with E-state index in [-0.39, 0.29) is 6.03 Å². The highest BCUT2D eigenvalue weighted by Gasteiger charge is 2.04. The normalized spacial score (nSPS) is 10.9. The summed E-state index contributed by atoms with van der Waals surface area (Å²) in [5.41, 5.74) is 1.10. The Morgan fingerprint density at radius 3 is 3.00 bits per heavy atom. The first-order valence-corrected chi connectivity index (χ1v) is 7.09. The fourth-order valence-corrected chi connectivity index (χ4v) is 1.99. The Morgan fingerprint density at radius 2 is 2.20 bits per heavy atom. The fourth-order valence-electron chi connectivity index (χ4n) is 1.99. The van der Waals surface area contributed by atoms with Crippen LogP contribution in [0.15, 0.2) is 30.6 Å². The standard InChI is InChI=1S/C15H22N4O/c1-12(2)10-18-15(20)16-8-5-7-14-17-11-13-6-3-4-9-19(13)14/h3-4,6,9,11-12H,5,7-8,10H2,1-2H3,(H2,16,18,20). The van der Waals surface area contributed by atoms with Gasteiger partial charge in [-0.15, -0.1) is 0 Å². The average molecular weight is 274 g/mol. The predicted molar refractivity (Wildman–Crippen MR) is 79.8 cm³/mol. The van der Waals surface area contributed by atoms with Gasteiger partial charge in [0, 0.05) is 25.7 Å². The third-order valence-corrected chi connectivity index (χ3v) is 3.05. The second-order valence-electron chi connectivity index (χ2n) is 5.30. The van der Waals surface area contributed by atoms with E-state index in [4.69, 9.17) is 0 Å². The summed E-state index contributed by atoms with van der Waals surface area (Å²) in [6.07, 6.45) is 5.62. The lowest BCUT2D eigenvalue weighted by molar-refractivity contribution is 0.239. The average Bonchev–Trinajstić information content (AvgIpc) is 2.85. The second-order valence-corrected chi connectivity index (χ2v) is 5.30. The van der Waals surface area contributed by atoms with Crippen molar-refractivity contribution in [1.82, 2.24) is 20.0 Å². The van der Waals surface area contributed by atoms with Crippen molar-refractivity contribution in [1.29, 1.82) is 0 Å². The van der Waals surface area contributed by atoms with E-state index in [0.717, 1.165) is 24.2 Å². The van der Waals surface area contributed by atoms with E-state index >= 15 is 0 Å². The number of hydrogen-bond donors (Lipinski definition) is 2. The molecule has 0 atom stereocenters. The summed E-state index contributed by atoms with van der Waals surface area (Å²) in [4.78, 5) is 15.9. The quantitative estimate of drug-likeness (QED) is 0.794. The number of carbonyl (C=O) groups excluding carboxylic acids is 1. The van der Waals surface area contributed by atoms with Gasteiger partial charge in [0.25, 0.3) is 0 Å². The second kappa shape index (κ2) is 6.93. The van der Waals surface area contributed by atoms with Crippen LogP contribution in [0.5, 0.6) is 0 Å². The highest BCUT2D eigenvalue weighted by atomic mass is 16.2. The first-order valence-electron chi connectivity index (χ1n) is 7.09. The summed E-state index contributed by atoms with van der Waals surface area (Å²) >= 11 is 0. The summed E-state index contributed by atoms with van der Waals surface area (Å²) in [6.45, 7) is 5.51. The summed E-state index contributed by atoms with van der Waals surface area (Å²) in [5.74, 6) is 1.50. The lowest BCUT2D eigenvalue weighted by Gasteiger charge is -2.09. The SMILES string of the molecule is CC(C)CNC(=O)NCCCc1ncc2ccccn12. The number of nitrogens with zero attached hydrogens (tertiary/aromatic N) is 2. The lowest BCUT2D eigenvalue weighted by atomic mass is 10.2. The predicted octanol–water partition coefficient (Wildman–Crippen LogP) is 2.22. The van der Waals surface area contributed by atoms with Gasteiger partial charge in [0.15, 0.2) is 0 Å². The fraction of sp³-hybridized carbons (Fsp3) is 0.467. The van der Waals surface area contributed by atoms with Crippen molar-refractivity contribution < 1.29 is 4.79 Å². The molecule has 0 bridgehead atoms. The first kappa shape index (κ1) is 14.4. The molecule has 5 heteroatoms. The molecule has 5 nitrogen and oxygen atoms in total. The molecule has 0 radical (unpaired) electrons. The largest absolute Gasteiger partial charge is 0.338 e. The summed E-state index contributed by atoms with van der Waals surface area (Å²) in [5, 5.41) is 5.70. The summed E-state index contributed by atoms with van der Waals surface area (Å²) < 4.78 is 2.08. The van der Waals surface area contributed by atoms with Crippen LogP contribution in [-0.2, 0) is 6.42 Å². The molecule has 0 aliphatic carbocycles. The number of pyridine rings is 1. The van der Waals surface area contributed by atoms with Crippen LogP contribution in [0.3, 0.4) is 0 Å². The maximum atomic E-state index is 11.5. The lowest BCUT2D eigenvalue weighted by Crippen LogP contribution is -2.38. The molecule has 0 saturated heterocycles. The van der Waals surface area contributed by atoms with Gasteiger partial charge in [0.1, 0.15) is 5.82 Å². The number of urea groups is 1. The van der Waals surface area contributed by atoms with Gasteiger partial charge in [-0.25, -0.2) is 9.78 Å². The van der Waals surface area contributed by atoms with Crippen LogP contribution in [0.1, 0.15) is 26.1 Å². The number of aromatic nitrogens is 2. The maximum Gasteiger partial charge on any atom is 0.314 e. The van der Waals surface area contributed by atoms with Gasteiger partial charge >= 0.3 is 6.03 Å². The molecular weight excluding hydrogens is 252 g/mol. The van der Waals surface area contributed by atoms with E-state index < -0.39 is 0 Å². The van der Waals surface area contributed by atoms with Crippen LogP contribution < -0.4 is 10.6 Å². The van der Waals surface area contributed by atoms with E-state index in [0.29, 0.717) is 19.0 Å². The number of rotatable bonds is 6. The molecule has 2 amide bonds. The van der Waals surface area contributed by atoms with Crippen molar-refractivity contribution in [2.24, 2.45) is 5.92 Å². The molecule has 0 unspecified atom stereocenters. The Morgan fingerprint density at radius 1 is 1.35 bits per heavy atom. The molecule has 2 aromatic rings. The third-order valence-electron chi connectivity index (χ3n) is 3.05. The molecule has 0 aliphatic heterocycles. The van der Waals surface area contributed by atoms with Crippen LogP contribution in [0.2, 0.25) is 0 Å². The van der Waals surface area contributed by atoms with Crippen molar-refractivity contribution in [3.05, 3.63) is 36.4 Å².